The van der Waals surface area contributed by atoms with Crippen molar-refractivity contribution in [2.75, 3.05) is 7.11 Å². The van der Waals surface area contributed by atoms with Crippen LogP contribution < -0.4 is 0 Å². The topological polar surface area (TPSA) is 9.23 Å². The number of methoxy groups -OCH3 is 1. The van der Waals surface area contributed by atoms with Crippen molar-refractivity contribution in [2.45, 2.75) is 58.5 Å². The molecule has 0 saturated carbocycles. The highest BCUT2D eigenvalue weighted by Crippen LogP contribution is 2.20. The van der Waals surface area contributed by atoms with Crippen LogP contribution in [0.25, 0.3) is 0 Å². The number of rotatable bonds is 5. The third-order valence-electron chi connectivity index (χ3n) is 2.32. The molecule has 2 heteroatoms. The third-order valence-corrected chi connectivity index (χ3v) is 3.75. The molecule has 0 aliphatic heterocycles. The molecule has 0 aliphatic carbocycles. The van der Waals surface area contributed by atoms with Crippen LogP contribution in [0.2, 0.25) is 25.7 Å². The van der Waals surface area contributed by atoms with Crippen LogP contribution in [0.1, 0.15) is 27.2 Å². The molecule has 0 amide bonds. The minimum atomic E-state index is -0.923. The van der Waals surface area contributed by atoms with E-state index in [-0.39, 0.29) is 5.60 Å². The van der Waals surface area contributed by atoms with Crippen LogP contribution in [0, 0.1) is 0 Å². The smallest absolute Gasteiger partial charge is 0.0659 e. The minimum absolute atomic E-state index is 0.0139. The second-order valence-electron chi connectivity index (χ2n) is 5.96. The molecule has 0 atom stereocenters. The molecule has 0 aromatic heterocycles. The van der Waals surface area contributed by atoms with E-state index in [1.54, 1.807) is 7.11 Å². The fourth-order valence-corrected chi connectivity index (χ4v) is 2.26. The summed E-state index contributed by atoms with van der Waals surface area (Å²) >= 11 is 0. The lowest BCUT2D eigenvalue weighted by molar-refractivity contribution is 0.0232. The molecule has 1 nitrogen and oxygen atoms in total. The summed E-state index contributed by atoms with van der Waals surface area (Å²) in [4.78, 5) is 0. The van der Waals surface area contributed by atoms with E-state index < -0.39 is 8.07 Å². The van der Waals surface area contributed by atoms with Crippen molar-refractivity contribution < 1.29 is 4.74 Å². The van der Waals surface area contributed by atoms with E-state index in [9.17, 15) is 0 Å². The third kappa shape index (κ3) is 7.33. The molecule has 0 aromatic carbocycles. The normalized spacial score (nSPS) is 14.6. The van der Waals surface area contributed by atoms with Crippen molar-refractivity contribution in [1.29, 1.82) is 0 Å². The van der Waals surface area contributed by atoms with Crippen molar-refractivity contribution in [1.82, 2.24) is 0 Å². The number of ether oxygens (including phenoxy) is 1. The Morgan fingerprint density at radius 2 is 1.79 bits per heavy atom. The SMILES string of the molecule is COC(C)(C)C/C(C)=C\C[Si](C)(C)C. The lowest BCUT2D eigenvalue weighted by Gasteiger charge is -2.23. The van der Waals surface area contributed by atoms with E-state index in [0.717, 1.165) is 6.42 Å². The van der Waals surface area contributed by atoms with Crippen LogP contribution >= 0.6 is 0 Å². The lowest BCUT2D eigenvalue weighted by atomic mass is 9.99. The zero-order valence-electron chi connectivity index (χ0n) is 10.9. The predicted molar refractivity (Wildman–Crippen MR) is 67.6 cm³/mol. The van der Waals surface area contributed by atoms with Crippen LogP contribution in [-0.4, -0.2) is 20.8 Å². The first kappa shape index (κ1) is 13.9. The Hall–Kier alpha value is -0.0831. The second-order valence-corrected chi connectivity index (χ2v) is 11.5. The van der Waals surface area contributed by atoms with Gasteiger partial charge in [0.1, 0.15) is 0 Å². The van der Waals surface area contributed by atoms with Gasteiger partial charge in [-0.25, -0.2) is 0 Å². The molecule has 14 heavy (non-hydrogen) atoms. The van der Waals surface area contributed by atoms with E-state index in [1.165, 1.54) is 11.6 Å². The van der Waals surface area contributed by atoms with Crippen LogP contribution in [-0.2, 0) is 4.74 Å². The Morgan fingerprint density at radius 3 is 2.14 bits per heavy atom. The Kier molecular flexibility index (Phi) is 5.10. The maximum Gasteiger partial charge on any atom is 0.0659 e. The van der Waals surface area contributed by atoms with E-state index in [0.29, 0.717) is 0 Å². The van der Waals surface area contributed by atoms with Gasteiger partial charge in [-0.05, 0) is 33.2 Å². The van der Waals surface area contributed by atoms with Gasteiger partial charge in [0, 0.05) is 15.2 Å². The van der Waals surface area contributed by atoms with E-state index in [1.807, 2.05) is 0 Å². The molecular weight excluding hydrogens is 188 g/mol. The number of hydrogen-bond donors (Lipinski definition) is 0. The molecule has 0 saturated heterocycles. The predicted octanol–water partition coefficient (Wildman–Crippen LogP) is 4.09. The van der Waals surface area contributed by atoms with Gasteiger partial charge in [-0.3, -0.25) is 0 Å². The van der Waals surface area contributed by atoms with E-state index >= 15 is 0 Å². The average molecular weight is 214 g/mol. The summed E-state index contributed by atoms with van der Waals surface area (Å²) in [7, 11) is 0.861. The first-order chi connectivity index (χ1) is 6.16. The summed E-state index contributed by atoms with van der Waals surface area (Å²) in [5.74, 6) is 0. The Bertz CT molecular complexity index is 199. The maximum atomic E-state index is 5.41. The van der Waals surface area contributed by atoms with Crippen molar-refractivity contribution in [2.24, 2.45) is 0 Å². The lowest BCUT2D eigenvalue weighted by Crippen LogP contribution is -2.23. The molecule has 0 radical (unpaired) electrons. The molecule has 0 N–H and O–H groups in total. The summed E-state index contributed by atoms with van der Waals surface area (Å²) in [5.41, 5.74) is 1.44. The second kappa shape index (κ2) is 5.13. The van der Waals surface area contributed by atoms with Gasteiger partial charge in [0.15, 0.2) is 0 Å². The summed E-state index contributed by atoms with van der Waals surface area (Å²) < 4.78 is 5.41. The molecule has 0 aromatic rings. The van der Waals surface area contributed by atoms with Crippen LogP contribution in [0.15, 0.2) is 11.6 Å². The Morgan fingerprint density at radius 1 is 1.29 bits per heavy atom. The van der Waals surface area contributed by atoms with Crippen molar-refractivity contribution in [3.8, 4) is 0 Å². The van der Waals surface area contributed by atoms with Crippen molar-refractivity contribution in [3.63, 3.8) is 0 Å². The van der Waals surface area contributed by atoms with Crippen molar-refractivity contribution in [3.05, 3.63) is 11.6 Å². The number of allylic oxidation sites excluding steroid dienone is 1. The molecule has 0 rings (SSSR count). The fourth-order valence-electron chi connectivity index (χ4n) is 1.30. The van der Waals surface area contributed by atoms with Gasteiger partial charge >= 0.3 is 0 Å². The quantitative estimate of drug-likeness (QED) is 0.495. The monoisotopic (exact) mass is 214 g/mol. The van der Waals surface area contributed by atoms with Gasteiger partial charge in [0.05, 0.1) is 5.60 Å². The zero-order valence-corrected chi connectivity index (χ0v) is 11.9. The van der Waals surface area contributed by atoms with Crippen molar-refractivity contribution >= 4 is 8.07 Å². The fraction of sp³-hybridized carbons (Fsp3) is 0.833. The van der Waals surface area contributed by atoms with Crippen LogP contribution in [0.4, 0.5) is 0 Å². The largest absolute Gasteiger partial charge is 0.378 e. The van der Waals surface area contributed by atoms with Gasteiger partial charge in [0.2, 0.25) is 0 Å². The van der Waals surface area contributed by atoms with Crippen LogP contribution in [0.3, 0.4) is 0 Å². The van der Waals surface area contributed by atoms with Gasteiger partial charge in [0.25, 0.3) is 0 Å². The maximum absolute atomic E-state index is 5.41. The molecule has 0 aliphatic rings. The highest BCUT2D eigenvalue weighted by molar-refractivity contribution is 6.76. The molecule has 0 bridgehead atoms. The summed E-state index contributed by atoms with van der Waals surface area (Å²) in [6.07, 6.45) is 3.43. The Balaban J connectivity index is 4.15. The zero-order chi connectivity index (χ0) is 11.4. The standard InChI is InChI=1S/C12H26OSi/c1-11(8-9-14(5,6)7)10-12(2,3)13-4/h8H,9-10H2,1-7H3/b11-8-. The summed E-state index contributed by atoms with van der Waals surface area (Å²) in [6, 6.07) is 1.28. The van der Waals surface area contributed by atoms with Gasteiger partial charge in [-0.2, -0.15) is 0 Å². The molecule has 0 fully saturated rings. The summed E-state index contributed by atoms with van der Waals surface area (Å²) in [6.45, 7) is 13.7. The van der Waals surface area contributed by atoms with Crippen LogP contribution in [0.5, 0.6) is 0 Å². The molecule has 0 spiro atoms. The first-order valence-corrected chi connectivity index (χ1v) is 9.08. The van der Waals surface area contributed by atoms with E-state index in [4.69, 9.17) is 4.74 Å². The van der Waals surface area contributed by atoms with Gasteiger partial charge in [-0.1, -0.05) is 31.3 Å². The molecule has 84 valence electrons. The highest BCUT2D eigenvalue weighted by Gasteiger charge is 2.17. The first-order valence-electron chi connectivity index (χ1n) is 5.37. The molecule has 0 heterocycles. The minimum Gasteiger partial charge on any atom is -0.378 e. The van der Waals surface area contributed by atoms with Gasteiger partial charge < -0.3 is 4.74 Å². The molecule has 0 unspecified atom stereocenters. The number of hydrogen-bond acceptors (Lipinski definition) is 1. The van der Waals surface area contributed by atoms with Gasteiger partial charge in [-0.15, -0.1) is 0 Å². The Labute approximate surface area is 90.6 Å². The average Bonchev–Trinajstić information content (AvgIpc) is 1.99. The van der Waals surface area contributed by atoms with E-state index in [2.05, 4.69) is 46.5 Å². The highest BCUT2D eigenvalue weighted by atomic mass is 28.3. The summed E-state index contributed by atoms with van der Waals surface area (Å²) in [5, 5.41) is 0. The molecular formula is C12H26OSi.